The topological polar surface area (TPSA) is 30.7 Å². The molecule has 7 aromatic carbocycles. The SMILES string of the molecule is c1ccc(-c2nc3ccccc3nc2-n2c3ccc4cccc5c4c3c3c(cc4ccccc4c32)-c2ccccc2-5)cc1. The van der Waals surface area contributed by atoms with Crippen LogP contribution in [0.15, 0.2) is 140 Å². The molecule has 0 saturated carbocycles. The molecule has 3 nitrogen and oxygen atoms in total. The molecule has 2 aromatic heterocycles. The summed E-state index contributed by atoms with van der Waals surface area (Å²) < 4.78 is 2.39. The monoisotopic (exact) mass is 545 g/mol. The molecule has 9 aromatic rings. The van der Waals surface area contributed by atoms with Gasteiger partial charge in [0.25, 0.3) is 0 Å². The van der Waals surface area contributed by atoms with E-state index in [2.05, 4.69) is 126 Å². The molecule has 0 fully saturated rings. The van der Waals surface area contributed by atoms with Crippen molar-refractivity contribution in [3.63, 3.8) is 0 Å². The van der Waals surface area contributed by atoms with Crippen LogP contribution in [0.5, 0.6) is 0 Å². The number of nitrogens with zero attached hydrogens (tertiary/aromatic N) is 3. The fourth-order valence-corrected chi connectivity index (χ4v) is 7.29. The first-order valence-corrected chi connectivity index (χ1v) is 14.7. The van der Waals surface area contributed by atoms with Crippen LogP contribution in [0.25, 0.3) is 93.7 Å². The van der Waals surface area contributed by atoms with Crippen LogP contribution in [-0.2, 0) is 0 Å². The molecule has 10 rings (SSSR count). The molecule has 0 amide bonds. The average Bonchev–Trinajstić information content (AvgIpc) is 3.37. The number of rotatable bonds is 2. The van der Waals surface area contributed by atoms with Gasteiger partial charge in [0, 0.05) is 21.7 Å². The predicted octanol–water partition coefficient (Wildman–Crippen LogP) is 10.3. The van der Waals surface area contributed by atoms with Crippen LogP contribution in [0.1, 0.15) is 0 Å². The Morgan fingerprint density at radius 1 is 0.442 bits per heavy atom. The number of benzene rings is 7. The van der Waals surface area contributed by atoms with E-state index in [0.717, 1.165) is 33.6 Å². The van der Waals surface area contributed by atoms with Crippen molar-refractivity contribution < 1.29 is 0 Å². The van der Waals surface area contributed by atoms with Crippen molar-refractivity contribution in [3.05, 3.63) is 140 Å². The molecule has 0 radical (unpaired) electrons. The molecule has 0 spiro atoms. The highest BCUT2D eigenvalue weighted by molar-refractivity contribution is 6.34. The van der Waals surface area contributed by atoms with Crippen LogP contribution in [0.3, 0.4) is 0 Å². The van der Waals surface area contributed by atoms with Crippen molar-refractivity contribution in [2.45, 2.75) is 0 Å². The van der Waals surface area contributed by atoms with E-state index in [4.69, 9.17) is 9.97 Å². The lowest BCUT2D eigenvalue weighted by atomic mass is 9.92. The van der Waals surface area contributed by atoms with Gasteiger partial charge in [-0.05, 0) is 62.7 Å². The third-order valence-corrected chi connectivity index (χ3v) is 9.08. The van der Waals surface area contributed by atoms with Crippen LogP contribution in [0, 0.1) is 0 Å². The Bertz CT molecular complexity index is 2610. The Hall–Kier alpha value is -5.80. The fraction of sp³-hybridized carbons (Fsp3) is 0. The van der Waals surface area contributed by atoms with Gasteiger partial charge in [0.15, 0.2) is 5.82 Å². The summed E-state index contributed by atoms with van der Waals surface area (Å²) in [4.78, 5) is 10.7. The second kappa shape index (κ2) is 8.37. The fourth-order valence-electron chi connectivity index (χ4n) is 7.29. The summed E-state index contributed by atoms with van der Waals surface area (Å²) in [7, 11) is 0. The number of aromatic nitrogens is 3. The molecule has 1 aliphatic carbocycles. The van der Waals surface area contributed by atoms with E-state index in [0.29, 0.717) is 0 Å². The predicted molar refractivity (Wildman–Crippen MR) is 179 cm³/mol. The molecule has 198 valence electrons. The summed E-state index contributed by atoms with van der Waals surface area (Å²) in [5.41, 5.74) is 11.1. The van der Waals surface area contributed by atoms with Gasteiger partial charge in [0.1, 0.15) is 5.69 Å². The minimum atomic E-state index is 0.845. The molecule has 0 saturated heterocycles. The maximum atomic E-state index is 5.40. The van der Waals surface area contributed by atoms with Crippen molar-refractivity contribution in [2.24, 2.45) is 0 Å². The highest BCUT2D eigenvalue weighted by Crippen LogP contribution is 2.51. The van der Waals surface area contributed by atoms with E-state index >= 15 is 0 Å². The highest BCUT2D eigenvalue weighted by Gasteiger charge is 2.28. The Morgan fingerprint density at radius 2 is 1.12 bits per heavy atom. The lowest BCUT2D eigenvalue weighted by Crippen LogP contribution is -2.04. The zero-order chi connectivity index (χ0) is 28.1. The summed E-state index contributed by atoms with van der Waals surface area (Å²) in [6.07, 6.45) is 0. The number of hydrogen-bond donors (Lipinski definition) is 0. The molecule has 0 N–H and O–H groups in total. The Balaban J connectivity index is 1.51. The summed E-state index contributed by atoms with van der Waals surface area (Å²) in [6, 6.07) is 49.9. The van der Waals surface area contributed by atoms with E-state index in [1.54, 1.807) is 0 Å². The molecular formula is C40H23N3. The largest absolute Gasteiger partial charge is 0.291 e. The van der Waals surface area contributed by atoms with Crippen molar-refractivity contribution in [1.82, 2.24) is 14.5 Å². The van der Waals surface area contributed by atoms with Gasteiger partial charge in [-0.25, -0.2) is 9.97 Å². The van der Waals surface area contributed by atoms with Gasteiger partial charge in [-0.1, -0.05) is 115 Å². The standard InChI is InChI=1S/C40H23N3/c1-2-11-25(12-3-1)38-40(42-33-20-9-8-19-32(33)41-38)43-34-22-21-24-14-10-18-30-28-16-6-7-17-29(28)31-23-26-13-4-5-15-27(26)39(43)36(31)37(34)35(24)30/h1-23H. The molecule has 0 aliphatic heterocycles. The van der Waals surface area contributed by atoms with Crippen LogP contribution >= 0.6 is 0 Å². The van der Waals surface area contributed by atoms with Crippen molar-refractivity contribution in [3.8, 4) is 39.3 Å². The first-order valence-electron chi connectivity index (χ1n) is 14.7. The van der Waals surface area contributed by atoms with Gasteiger partial charge in [-0.15, -0.1) is 0 Å². The second-order valence-corrected chi connectivity index (χ2v) is 11.4. The normalized spacial score (nSPS) is 12.2. The Kier molecular flexibility index (Phi) is 4.45. The quantitative estimate of drug-likeness (QED) is 0.216. The Morgan fingerprint density at radius 3 is 1.98 bits per heavy atom. The van der Waals surface area contributed by atoms with Gasteiger partial charge >= 0.3 is 0 Å². The number of fused-ring (bicyclic) bond motifs is 6. The van der Waals surface area contributed by atoms with E-state index in [1.165, 1.54) is 60.1 Å². The molecular weight excluding hydrogens is 522 g/mol. The van der Waals surface area contributed by atoms with Gasteiger partial charge < -0.3 is 0 Å². The van der Waals surface area contributed by atoms with Crippen LogP contribution in [0.2, 0.25) is 0 Å². The van der Waals surface area contributed by atoms with Crippen LogP contribution < -0.4 is 0 Å². The maximum Gasteiger partial charge on any atom is 0.165 e. The minimum Gasteiger partial charge on any atom is -0.291 e. The smallest absolute Gasteiger partial charge is 0.165 e. The molecule has 0 unspecified atom stereocenters. The third-order valence-electron chi connectivity index (χ3n) is 9.08. The van der Waals surface area contributed by atoms with Crippen molar-refractivity contribution >= 4 is 54.4 Å². The van der Waals surface area contributed by atoms with Gasteiger partial charge in [-0.2, -0.15) is 0 Å². The highest BCUT2D eigenvalue weighted by atomic mass is 15.1. The molecule has 1 aliphatic rings. The lowest BCUT2D eigenvalue weighted by Gasteiger charge is -2.17. The van der Waals surface area contributed by atoms with E-state index in [1.807, 2.05) is 18.2 Å². The van der Waals surface area contributed by atoms with E-state index in [-0.39, 0.29) is 0 Å². The first kappa shape index (κ1) is 22.8. The summed E-state index contributed by atoms with van der Waals surface area (Å²) in [6.45, 7) is 0. The molecule has 2 heterocycles. The molecule has 0 atom stereocenters. The summed E-state index contributed by atoms with van der Waals surface area (Å²) in [5.74, 6) is 0.845. The third kappa shape index (κ3) is 3.03. The van der Waals surface area contributed by atoms with Crippen LogP contribution in [0.4, 0.5) is 0 Å². The van der Waals surface area contributed by atoms with Gasteiger partial charge in [0.2, 0.25) is 0 Å². The number of para-hydroxylation sites is 2. The van der Waals surface area contributed by atoms with Crippen LogP contribution in [-0.4, -0.2) is 14.5 Å². The second-order valence-electron chi connectivity index (χ2n) is 11.4. The summed E-state index contributed by atoms with van der Waals surface area (Å²) in [5, 5.41) is 7.49. The molecule has 3 heteroatoms. The molecule has 43 heavy (non-hydrogen) atoms. The lowest BCUT2D eigenvalue weighted by molar-refractivity contribution is 1.08. The van der Waals surface area contributed by atoms with Crippen molar-refractivity contribution in [2.75, 3.05) is 0 Å². The molecule has 0 bridgehead atoms. The Labute approximate surface area is 247 Å². The van der Waals surface area contributed by atoms with E-state index in [9.17, 15) is 0 Å². The zero-order valence-corrected chi connectivity index (χ0v) is 23.1. The minimum absolute atomic E-state index is 0.845. The van der Waals surface area contributed by atoms with Gasteiger partial charge in [0.05, 0.1) is 22.1 Å². The summed E-state index contributed by atoms with van der Waals surface area (Å²) >= 11 is 0. The maximum absolute atomic E-state index is 5.40. The zero-order valence-electron chi connectivity index (χ0n) is 23.1. The average molecular weight is 546 g/mol. The van der Waals surface area contributed by atoms with Gasteiger partial charge in [-0.3, -0.25) is 4.57 Å². The number of hydrogen-bond acceptors (Lipinski definition) is 2. The van der Waals surface area contributed by atoms with Crippen molar-refractivity contribution in [1.29, 1.82) is 0 Å². The van der Waals surface area contributed by atoms with E-state index < -0.39 is 0 Å². The first-order chi connectivity index (χ1) is 21.3.